The zero-order chi connectivity index (χ0) is 19.1. The number of hydrogen-bond acceptors (Lipinski definition) is 3. The molecule has 3 aromatic rings. The van der Waals surface area contributed by atoms with Gasteiger partial charge in [0.05, 0.1) is 6.04 Å². The molecule has 6 nitrogen and oxygen atoms in total. The minimum absolute atomic E-state index is 0.299. The Bertz CT molecular complexity index is 857. The highest BCUT2D eigenvalue weighted by Gasteiger charge is 2.16. The Labute approximate surface area is 157 Å². The van der Waals surface area contributed by atoms with Crippen LogP contribution in [0.25, 0.3) is 0 Å². The molecule has 0 aliphatic rings. The van der Waals surface area contributed by atoms with Gasteiger partial charge < -0.3 is 16.4 Å². The maximum Gasteiger partial charge on any atom is 0.315 e. The Balaban J connectivity index is 1.67. The van der Waals surface area contributed by atoms with Gasteiger partial charge >= 0.3 is 6.03 Å². The van der Waals surface area contributed by atoms with Gasteiger partial charge in [-0.05, 0) is 34.9 Å². The number of hydrogen-bond donors (Lipinski definition) is 3. The summed E-state index contributed by atoms with van der Waals surface area (Å²) in [4.78, 5) is 27.7. The number of pyridine rings is 1. The Morgan fingerprint density at radius 2 is 1.63 bits per heavy atom. The first-order valence-electron chi connectivity index (χ1n) is 8.51. The molecule has 3 amide bonds. The lowest BCUT2D eigenvalue weighted by atomic mass is 10.0. The van der Waals surface area contributed by atoms with Crippen molar-refractivity contribution in [2.75, 3.05) is 0 Å². The van der Waals surface area contributed by atoms with E-state index in [9.17, 15) is 9.59 Å². The van der Waals surface area contributed by atoms with E-state index in [4.69, 9.17) is 5.73 Å². The van der Waals surface area contributed by atoms with Crippen molar-refractivity contribution in [2.45, 2.75) is 12.6 Å². The second-order valence-electron chi connectivity index (χ2n) is 6.02. The molecule has 1 unspecified atom stereocenters. The summed E-state index contributed by atoms with van der Waals surface area (Å²) in [7, 11) is 0. The quantitative estimate of drug-likeness (QED) is 0.630. The monoisotopic (exact) mass is 360 g/mol. The minimum Gasteiger partial charge on any atom is -0.366 e. The molecular formula is C21H20N4O2. The maximum atomic E-state index is 12.4. The normalized spacial score (nSPS) is 11.4. The number of benzene rings is 2. The largest absolute Gasteiger partial charge is 0.366 e. The van der Waals surface area contributed by atoms with Gasteiger partial charge in [-0.15, -0.1) is 0 Å². The molecule has 0 fully saturated rings. The summed E-state index contributed by atoms with van der Waals surface area (Å²) in [5, 5.41) is 5.82. The second-order valence-corrected chi connectivity index (χ2v) is 6.02. The van der Waals surface area contributed by atoms with Gasteiger partial charge in [0.1, 0.15) is 0 Å². The van der Waals surface area contributed by atoms with Gasteiger partial charge in [0.2, 0.25) is 5.91 Å². The zero-order valence-corrected chi connectivity index (χ0v) is 14.6. The highest BCUT2D eigenvalue weighted by atomic mass is 16.2. The van der Waals surface area contributed by atoms with Crippen LogP contribution in [0, 0.1) is 0 Å². The van der Waals surface area contributed by atoms with E-state index in [-0.39, 0.29) is 12.1 Å². The van der Waals surface area contributed by atoms with Crippen molar-refractivity contribution in [1.82, 2.24) is 15.6 Å². The van der Waals surface area contributed by atoms with Gasteiger partial charge in [-0.3, -0.25) is 9.78 Å². The number of aromatic nitrogens is 1. The zero-order valence-electron chi connectivity index (χ0n) is 14.6. The van der Waals surface area contributed by atoms with Gasteiger partial charge in [-0.25, -0.2) is 4.79 Å². The molecule has 136 valence electrons. The number of primary amides is 1. The summed E-state index contributed by atoms with van der Waals surface area (Å²) in [6.07, 6.45) is 3.43. The van der Waals surface area contributed by atoms with Gasteiger partial charge in [0, 0.05) is 24.5 Å². The lowest BCUT2D eigenvalue weighted by molar-refractivity contribution is 0.1000. The summed E-state index contributed by atoms with van der Waals surface area (Å²) in [6.45, 7) is 0.333. The topological polar surface area (TPSA) is 97.1 Å². The Hall–Kier alpha value is -3.67. The summed E-state index contributed by atoms with van der Waals surface area (Å²) in [6, 6.07) is 19.7. The third-order valence-electron chi connectivity index (χ3n) is 4.12. The SMILES string of the molecule is NC(=O)c1ccc(CNC(=O)NC(c2ccccc2)c2cccnc2)cc1. The molecule has 3 rings (SSSR count). The third-order valence-corrected chi connectivity index (χ3v) is 4.12. The number of nitrogens with one attached hydrogen (secondary N) is 2. The molecule has 6 heteroatoms. The fourth-order valence-electron chi connectivity index (χ4n) is 2.70. The molecule has 1 heterocycles. The lowest BCUT2D eigenvalue weighted by Crippen LogP contribution is -2.38. The van der Waals surface area contributed by atoms with Crippen LogP contribution in [-0.4, -0.2) is 16.9 Å². The minimum atomic E-state index is -0.477. The number of amides is 3. The van der Waals surface area contributed by atoms with Crippen LogP contribution in [-0.2, 0) is 6.54 Å². The molecular weight excluding hydrogens is 340 g/mol. The van der Waals surface area contributed by atoms with Crippen molar-refractivity contribution in [3.63, 3.8) is 0 Å². The molecule has 0 aliphatic heterocycles. The van der Waals surface area contributed by atoms with E-state index in [1.54, 1.807) is 36.7 Å². The van der Waals surface area contributed by atoms with Crippen LogP contribution in [0.4, 0.5) is 4.79 Å². The van der Waals surface area contributed by atoms with Crippen molar-refractivity contribution >= 4 is 11.9 Å². The summed E-state index contributed by atoms with van der Waals surface area (Å²) in [5.74, 6) is -0.477. The standard InChI is InChI=1S/C21H20N4O2/c22-20(26)17-10-8-15(9-11-17)13-24-21(27)25-19(16-5-2-1-3-6-16)18-7-4-12-23-14-18/h1-12,14,19H,13H2,(H2,22,26)(H2,24,25,27). The van der Waals surface area contributed by atoms with Crippen LogP contribution in [0.3, 0.4) is 0 Å². The highest BCUT2D eigenvalue weighted by Crippen LogP contribution is 2.20. The smallest absolute Gasteiger partial charge is 0.315 e. The third kappa shape index (κ3) is 4.92. The highest BCUT2D eigenvalue weighted by molar-refractivity contribution is 5.92. The van der Waals surface area contributed by atoms with Crippen molar-refractivity contribution in [3.8, 4) is 0 Å². The van der Waals surface area contributed by atoms with E-state index in [2.05, 4.69) is 15.6 Å². The van der Waals surface area contributed by atoms with E-state index >= 15 is 0 Å². The molecule has 0 saturated heterocycles. The van der Waals surface area contributed by atoms with Crippen LogP contribution in [0.5, 0.6) is 0 Å². The van der Waals surface area contributed by atoms with Crippen molar-refractivity contribution < 1.29 is 9.59 Å². The molecule has 1 aromatic heterocycles. The fraction of sp³-hybridized carbons (Fsp3) is 0.0952. The molecule has 0 saturated carbocycles. The van der Waals surface area contributed by atoms with Gasteiger partial charge in [-0.2, -0.15) is 0 Å². The Kier molecular flexibility index (Phi) is 5.79. The van der Waals surface area contributed by atoms with Crippen LogP contribution in [0.2, 0.25) is 0 Å². The van der Waals surface area contributed by atoms with Crippen molar-refractivity contribution in [2.24, 2.45) is 5.73 Å². The van der Waals surface area contributed by atoms with E-state index < -0.39 is 5.91 Å². The molecule has 2 aromatic carbocycles. The average Bonchev–Trinajstić information content (AvgIpc) is 2.72. The average molecular weight is 360 g/mol. The summed E-state index contributed by atoms with van der Waals surface area (Å²) >= 11 is 0. The predicted molar refractivity (Wildman–Crippen MR) is 103 cm³/mol. The van der Waals surface area contributed by atoms with E-state index in [0.717, 1.165) is 16.7 Å². The molecule has 1 atom stereocenters. The Morgan fingerprint density at radius 3 is 2.26 bits per heavy atom. The molecule has 4 N–H and O–H groups in total. The van der Waals surface area contributed by atoms with E-state index in [1.807, 2.05) is 42.5 Å². The van der Waals surface area contributed by atoms with Crippen LogP contribution < -0.4 is 16.4 Å². The van der Waals surface area contributed by atoms with Crippen LogP contribution in [0.15, 0.2) is 79.1 Å². The van der Waals surface area contributed by atoms with Gasteiger partial charge in [-0.1, -0.05) is 48.5 Å². The second kappa shape index (κ2) is 8.62. The summed E-state index contributed by atoms with van der Waals surface area (Å²) < 4.78 is 0. The number of nitrogens with zero attached hydrogens (tertiary/aromatic N) is 1. The van der Waals surface area contributed by atoms with Gasteiger partial charge in [0.25, 0.3) is 0 Å². The molecule has 27 heavy (non-hydrogen) atoms. The number of carbonyl (C=O) groups is 2. The Morgan fingerprint density at radius 1 is 0.926 bits per heavy atom. The van der Waals surface area contributed by atoms with Crippen LogP contribution >= 0.6 is 0 Å². The number of nitrogens with two attached hydrogens (primary N) is 1. The van der Waals surface area contributed by atoms with Gasteiger partial charge in [0.15, 0.2) is 0 Å². The molecule has 0 radical (unpaired) electrons. The summed E-state index contributed by atoms with van der Waals surface area (Å²) in [5.41, 5.74) is 8.39. The van der Waals surface area contributed by atoms with E-state index in [1.165, 1.54) is 0 Å². The van der Waals surface area contributed by atoms with Crippen molar-refractivity contribution in [1.29, 1.82) is 0 Å². The first-order valence-corrected chi connectivity index (χ1v) is 8.51. The predicted octanol–water partition coefficient (Wildman–Crippen LogP) is 2.77. The fourth-order valence-corrected chi connectivity index (χ4v) is 2.70. The molecule has 0 spiro atoms. The van der Waals surface area contributed by atoms with Crippen LogP contribution in [0.1, 0.15) is 33.1 Å². The molecule has 0 aliphatic carbocycles. The number of rotatable bonds is 6. The van der Waals surface area contributed by atoms with E-state index in [0.29, 0.717) is 12.1 Å². The lowest BCUT2D eigenvalue weighted by Gasteiger charge is -2.20. The number of urea groups is 1. The maximum absolute atomic E-state index is 12.4. The van der Waals surface area contributed by atoms with Crippen molar-refractivity contribution in [3.05, 3.63) is 101 Å². The first kappa shape index (κ1) is 18.1. The first-order chi connectivity index (χ1) is 13.1. The number of carbonyl (C=O) groups excluding carboxylic acids is 2. The molecule has 0 bridgehead atoms.